The second-order valence-corrected chi connectivity index (χ2v) is 6.62. The highest BCUT2D eigenvalue weighted by molar-refractivity contribution is 7.17. The maximum atomic E-state index is 9.34. The number of methoxy groups -OCH3 is 1. The van der Waals surface area contributed by atoms with Crippen LogP contribution in [0.1, 0.15) is 5.56 Å². The Hall–Kier alpha value is -2.96. The topological polar surface area (TPSA) is 67.3 Å². The summed E-state index contributed by atoms with van der Waals surface area (Å²) in [6.45, 7) is 0.00422. The van der Waals surface area contributed by atoms with E-state index in [1.54, 1.807) is 24.8 Å². The van der Waals surface area contributed by atoms with Crippen LogP contribution >= 0.6 is 11.3 Å². The summed E-state index contributed by atoms with van der Waals surface area (Å²) in [4.78, 5) is 9.77. The first-order valence-electron chi connectivity index (χ1n) is 8.12. The standard InChI is InChI=1S/C20H17N3O2S/c1-25-16-7-5-14(6-8-16)17-11-26-20-18(17)19(21-12-22-20)23-15-4-2-3-13(9-15)10-24/h2-9,11-12,24H,10H2,1H3,(H,21,22,23). The van der Waals surface area contributed by atoms with Crippen molar-refractivity contribution in [3.8, 4) is 16.9 Å². The largest absolute Gasteiger partial charge is 0.497 e. The van der Waals surface area contributed by atoms with Gasteiger partial charge in [0.05, 0.1) is 19.1 Å². The van der Waals surface area contributed by atoms with Gasteiger partial charge in [-0.2, -0.15) is 0 Å². The second kappa shape index (κ2) is 7.11. The lowest BCUT2D eigenvalue weighted by atomic mass is 10.1. The highest BCUT2D eigenvalue weighted by atomic mass is 32.1. The Bertz CT molecular complexity index is 1040. The van der Waals surface area contributed by atoms with Crippen LogP contribution < -0.4 is 10.1 Å². The molecule has 4 rings (SSSR count). The van der Waals surface area contributed by atoms with Crippen molar-refractivity contribution >= 4 is 33.1 Å². The van der Waals surface area contributed by atoms with Gasteiger partial charge in [0.1, 0.15) is 22.7 Å². The molecule has 0 unspecified atom stereocenters. The van der Waals surface area contributed by atoms with Crippen molar-refractivity contribution in [3.63, 3.8) is 0 Å². The van der Waals surface area contributed by atoms with E-state index in [-0.39, 0.29) is 6.61 Å². The zero-order valence-corrected chi connectivity index (χ0v) is 15.0. The molecular formula is C20H17N3O2S. The summed E-state index contributed by atoms with van der Waals surface area (Å²) in [5.74, 6) is 1.57. The van der Waals surface area contributed by atoms with Crippen LogP contribution in [0.15, 0.2) is 60.2 Å². The summed E-state index contributed by atoms with van der Waals surface area (Å²) in [6.07, 6.45) is 1.56. The lowest BCUT2D eigenvalue weighted by Crippen LogP contribution is -1.96. The number of thiophene rings is 1. The average molecular weight is 363 g/mol. The fraction of sp³-hybridized carbons (Fsp3) is 0.100. The minimum Gasteiger partial charge on any atom is -0.497 e. The first-order chi connectivity index (χ1) is 12.8. The van der Waals surface area contributed by atoms with Crippen LogP contribution in [0.3, 0.4) is 0 Å². The molecule has 5 nitrogen and oxygen atoms in total. The van der Waals surface area contributed by atoms with E-state index < -0.39 is 0 Å². The number of rotatable bonds is 5. The number of hydrogen-bond donors (Lipinski definition) is 2. The predicted octanol–water partition coefficient (Wildman–Crippen LogP) is 4.60. The fourth-order valence-corrected chi connectivity index (χ4v) is 3.75. The summed E-state index contributed by atoms with van der Waals surface area (Å²) in [5, 5.41) is 15.8. The van der Waals surface area contributed by atoms with Gasteiger partial charge in [-0.15, -0.1) is 11.3 Å². The molecule has 0 atom stereocenters. The third-order valence-electron chi connectivity index (χ3n) is 4.14. The summed E-state index contributed by atoms with van der Waals surface area (Å²) in [6, 6.07) is 15.6. The van der Waals surface area contributed by atoms with Crippen molar-refractivity contribution in [1.29, 1.82) is 0 Å². The van der Waals surface area contributed by atoms with E-state index in [9.17, 15) is 5.11 Å². The molecule has 0 spiro atoms. The number of benzene rings is 2. The molecule has 0 radical (unpaired) electrons. The molecule has 26 heavy (non-hydrogen) atoms. The number of nitrogens with zero attached hydrogens (tertiary/aromatic N) is 2. The van der Waals surface area contributed by atoms with E-state index in [0.29, 0.717) is 0 Å². The first-order valence-corrected chi connectivity index (χ1v) is 9.00. The monoisotopic (exact) mass is 363 g/mol. The van der Waals surface area contributed by atoms with E-state index in [4.69, 9.17) is 4.74 Å². The molecule has 6 heteroatoms. The molecule has 0 saturated carbocycles. The summed E-state index contributed by atoms with van der Waals surface area (Å²) < 4.78 is 5.24. The predicted molar refractivity (Wildman–Crippen MR) is 105 cm³/mol. The van der Waals surface area contributed by atoms with Crippen LogP contribution in [-0.2, 0) is 6.61 Å². The van der Waals surface area contributed by atoms with Crippen molar-refractivity contribution in [2.24, 2.45) is 0 Å². The Balaban J connectivity index is 1.78. The third-order valence-corrected chi connectivity index (χ3v) is 5.03. The van der Waals surface area contributed by atoms with E-state index in [1.807, 2.05) is 48.5 Å². The van der Waals surface area contributed by atoms with Crippen LogP contribution in [0.4, 0.5) is 11.5 Å². The average Bonchev–Trinajstić information content (AvgIpc) is 3.13. The highest BCUT2D eigenvalue weighted by Crippen LogP contribution is 2.37. The molecular weight excluding hydrogens is 346 g/mol. The zero-order valence-electron chi connectivity index (χ0n) is 14.1. The zero-order chi connectivity index (χ0) is 17.9. The van der Waals surface area contributed by atoms with Gasteiger partial charge in [0.15, 0.2) is 0 Å². The molecule has 4 aromatic rings. The van der Waals surface area contributed by atoms with Gasteiger partial charge in [0.25, 0.3) is 0 Å². The fourth-order valence-electron chi connectivity index (χ4n) is 2.84. The van der Waals surface area contributed by atoms with Gasteiger partial charge in [-0.05, 0) is 35.4 Å². The molecule has 130 valence electrons. The van der Waals surface area contributed by atoms with E-state index in [2.05, 4.69) is 20.7 Å². The Kier molecular flexibility index (Phi) is 4.51. The van der Waals surface area contributed by atoms with Crippen molar-refractivity contribution in [2.75, 3.05) is 12.4 Å². The van der Waals surface area contributed by atoms with Crippen LogP contribution in [0.2, 0.25) is 0 Å². The van der Waals surface area contributed by atoms with Crippen LogP contribution in [0.5, 0.6) is 5.75 Å². The lowest BCUT2D eigenvalue weighted by Gasteiger charge is -2.09. The molecule has 2 aromatic carbocycles. The van der Waals surface area contributed by atoms with Crippen LogP contribution in [0.25, 0.3) is 21.3 Å². The number of fused-ring (bicyclic) bond motifs is 1. The normalized spacial score (nSPS) is 10.8. The van der Waals surface area contributed by atoms with Crippen LogP contribution in [-0.4, -0.2) is 22.2 Å². The Morgan fingerprint density at radius 1 is 1.12 bits per heavy atom. The number of anilines is 2. The number of aliphatic hydroxyl groups excluding tert-OH is 1. The van der Waals surface area contributed by atoms with Gasteiger partial charge < -0.3 is 15.2 Å². The maximum Gasteiger partial charge on any atom is 0.143 e. The van der Waals surface area contributed by atoms with Gasteiger partial charge in [-0.25, -0.2) is 9.97 Å². The summed E-state index contributed by atoms with van der Waals surface area (Å²) in [5.41, 5.74) is 3.89. The first kappa shape index (κ1) is 16.5. The Labute approximate surface area is 154 Å². The van der Waals surface area contributed by atoms with Crippen molar-refractivity contribution in [1.82, 2.24) is 9.97 Å². The van der Waals surface area contributed by atoms with Crippen molar-refractivity contribution in [3.05, 3.63) is 65.8 Å². The Morgan fingerprint density at radius 2 is 1.96 bits per heavy atom. The highest BCUT2D eigenvalue weighted by Gasteiger charge is 2.13. The second-order valence-electron chi connectivity index (χ2n) is 5.76. The van der Waals surface area contributed by atoms with E-state index >= 15 is 0 Å². The SMILES string of the molecule is COc1ccc(-c2csc3ncnc(Nc4cccc(CO)c4)c23)cc1. The van der Waals surface area contributed by atoms with Gasteiger partial charge in [-0.1, -0.05) is 24.3 Å². The summed E-state index contributed by atoms with van der Waals surface area (Å²) >= 11 is 1.59. The van der Waals surface area contributed by atoms with Gasteiger partial charge in [0.2, 0.25) is 0 Å². The van der Waals surface area contributed by atoms with Gasteiger partial charge >= 0.3 is 0 Å². The molecule has 0 aliphatic heterocycles. The molecule has 0 fully saturated rings. The molecule has 0 amide bonds. The molecule has 0 aliphatic carbocycles. The van der Waals surface area contributed by atoms with Crippen LogP contribution in [0, 0.1) is 0 Å². The molecule has 0 saturated heterocycles. The van der Waals surface area contributed by atoms with E-state index in [0.717, 1.165) is 44.2 Å². The Morgan fingerprint density at radius 3 is 2.73 bits per heavy atom. The number of ether oxygens (including phenoxy) is 1. The van der Waals surface area contributed by atoms with Crippen molar-refractivity contribution < 1.29 is 9.84 Å². The number of hydrogen-bond acceptors (Lipinski definition) is 6. The smallest absolute Gasteiger partial charge is 0.143 e. The minimum absolute atomic E-state index is 0.00422. The molecule has 2 aromatic heterocycles. The molecule has 0 aliphatic rings. The molecule has 0 bridgehead atoms. The van der Waals surface area contributed by atoms with E-state index in [1.165, 1.54) is 0 Å². The van der Waals surface area contributed by atoms with Gasteiger partial charge in [-0.3, -0.25) is 0 Å². The number of aromatic nitrogens is 2. The number of nitrogens with one attached hydrogen (secondary N) is 1. The number of aliphatic hydroxyl groups is 1. The molecule has 2 N–H and O–H groups in total. The van der Waals surface area contributed by atoms with Crippen molar-refractivity contribution in [2.45, 2.75) is 6.61 Å². The third kappa shape index (κ3) is 3.12. The quantitative estimate of drug-likeness (QED) is 0.542. The van der Waals surface area contributed by atoms with Gasteiger partial charge in [0, 0.05) is 16.6 Å². The minimum atomic E-state index is 0.00422. The summed E-state index contributed by atoms with van der Waals surface area (Å²) in [7, 11) is 1.66. The maximum absolute atomic E-state index is 9.34. The lowest BCUT2D eigenvalue weighted by molar-refractivity contribution is 0.282. The molecule has 2 heterocycles.